The van der Waals surface area contributed by atoms with Gasteiger partial charge in [0.25, 0.3) is 0 Å². The second-order valence-corrected chi connectivity index (χ2v) is 9.68. The number of benzene rings is 1. The average Bonchev–Trinajstić information content (AvgIpc) is 3.27. The molecule has 2 aliphatic heterocycles. The van der Waals surface area contributed by atoms with Crippen LogP contribution in [0.15, 0.2) is 35.7 Å². The quantitative estimate of drug-likeness (QED) is 0.711. The zero-order chi connectivity index (χ0) is 22.0. The van der Waals surface area contributed by atoms with Gasteiger partial charge in [0.05, 0.1) is 12.1 Å². The molecule has 0 radical (unpaired) electrons. The molecule has 2 amide bonds. The summed E-state index contributed by atoms with van der Waals surface area (Å²) < 4.78 is 0. The monoisotopic (exact) mass is 439 g/mol. The van der Waals surface area contributed by atoms with Gasteiger partial charge in [0, 0.05) is 44.0 Å². The Hall–Kier alpha value is -2.18. The topological polar surface area (TPSA) is 43.9 Å². The molecule has 4 rings (SSSR count). The first kappa shape index (κ1) is 22.0. The summed E-state index contributed by atoms with van der Waals surface area (Å²) in [6.07, 6.45) is 2.46. The minimum atomic E-state index is -0.199. The number of nitrogens with zero attached hydrogens (tertiary/aromatic N) is 3. The molecule has 1 aromatic carbocycles. The summed E-state index contributed by atoms with van der Waals surface area (Å²) in [5.74, 6) is 0.392. The van der Waals surface area contributed by atoms with Crippen molar-refractivity contribution in [2.75, 3.05) is 32.7 Å². The van der Waals surface area contributed by atoms with Crippen molar-refractivity contribution in [1.82, 2.24) is 14.7 Å². The maximum Gasteiger partial charge on any atom is 0.239 e. The largest absolute Gasteiger partial charge is 0.339 e. The maximum absolute atomic E-state index is 13.5. The van der Waals surface area contributed by atoms with Gasteiger partial charge in [0.1, 0.15) is 0 Å². The molecule has 5 nitrogen and oxygen atoms in total. The molecule has 2 aliphatic rings. The Morgan fingerprint density at radius 1 is 1.03 bits per heavy atom. The first-order valence-corrected chi connectivity index (χ1v) is 12.3. The zero-order valence-corrected chi connectivity index (χ0v) is 19.7. The van der Waals surface area contributed by atoms with Gasteiger partial charge in [-0.3, -0.25) is 14.5 Å². The van der Waals surface area contributed by atoms with E-state index >= 15 is 0 Å². The highest BCUT2D eigenvalue weighted by atomic mass is 32.1. The van der Waals surface area contributed by atoms with E-state index in [0.717, 1.165) is 19.4 Å². The Kier molecular flexibility index (Phi) is 6.77. The van der Waals surface area contributed by atoms with Crippen LogP contribution in [-0.2, 0) is 16.0 Å². The molecule has 0 N–H and O–H groups in total. The number of rotatable bonds is 5. The second kappa shape index (κ2) is 9.53. The van der Waals surface area contributed by atoms with E-state index in [1.165, 1.54) is 21.6 Å². The molecule has 3 heterocycles. The summed E-state index contributed by atoms with van der Waals surface area (Å²) in [7, 11) is 0. The zero-order valence-electron chi connectivity index (χ0n) is 18.8. The van der Waals surface area contributed by atoms with Crippen molar-refractivity contribution in [3.8, 4) is 0 Å². The Bertz CT molecular complexity index is 932. The molecule has 166 valence electrons. The third kappa shape index (κ3) is 4.41. The number of hydrogen-bond donors (Lipinski definition) is 0. The lowest BCUT2D eigenvalue weighted by molar-refractivity contribution is -0.143. The SMILES string of the molecule is CCCC(=O)N1CCN(C(=O)[C@@H](C)N2CCc3sccc3[C@@H]2c2ccccc2C)CC1. The van der Waals surface area contributed by atoms with Gasteiger partial charge in [0.2, 0.25) is 11.8 Å². The number of aryl methyl sites for hydroxylation is 1. The molecule has 1 aromatic heterocycles. The standard InChI is InChI=1S/C25H33N3O2S/c1-4-7-23(29)26-13-15-27(16-14-26)25(30)19(3)28-12-10-22-21(11-17-31-22)24(28)20-9-6-5-8-18(20)2/h5-6,8-9,11,17,19,24H,4,7,10,12-16H2,1-3H3/t19-,24+/m1/s1. The van der Waals surface area contributed by atoms with E-state index in [2.05, 4.69) is 54.5 Å². The van der Waals surface area contributed by atoms with Gasteiger partial charge in [-0.1, -0.05) is 31.2 Å². The summed E-state index contributed by atoms with van der Waals surface area (Å²) in [5, 5.41) is 2.18. The summed E-state index contributed by atoms with van der Waals surface area (Å²) in [6, 6.07) is 10.7. The van der Waals surface area contributed by atoms with E-state index in [9.17, 15) is 9.59 Å². The van der Waals surface area contributed by atoms with Crippen molar-refractivity contribution in [2.24, 2.45) is 0 Å². The van der Waals surface area contributed by atoms with Crippen LogP contribution in [0.2, 0.25) is 0 Å². The lowest BCUT2D eigenvalue weighted by atomic mass is 9.89. The van der Waals surface area contributed by atoms with E-state index in [1.807, 2.05) is 28.1 Å². The molecule has 1 saturated heterocycles. The molecule has 0 unspecified atom stereocenters. The van der Waals surface area contributed by atoms with Crippen molar-refractivity contribution in [1.29, 1.82) is 0 Å². The molecule has 0 bridgehead atoms. The Morgan fingerprint density at radius 3 is 2.45 bits per heavy atom. The van der Waals surface area contributed by atoms with Gasteiger partial charge in [-0.25, -0.2) is 0 Å². The van der Waals surface area contributed by atoms with Crippen LogP contribution in [0.25, 0.3) is 0 Å². The van der Waals surface area contributed by atoms with Crippen LogP contribution in [-0.4, -0.2) is 65.3 Å². The number of amides is 2. The van der Waals surface area contributed by atoms with Crippen molar-refractivity contribution >= 4 is 23.2 Å². The lowest BCUT2D eigenvalue weighted by Gasteiger charge is -2.43. The molecule has 31 heavy (non-hydrogen) atoms. The van der Waals surface area contributed by atoms with Crippen molar-refractivity contribution in [3.05, 3.63) is 57.3 Å². The van der Waals surface area contributed by atoms with Crippen molar-refractivity contribution in [3.63, 3.8) is 0 Å². The van der Waals surface area contributed by atoms with E-state index in [4.69, 9.17) is 0 Å². The highest BCUT2D eigenvalue weighted by Crippen LogP contribution is 2.40. The van der Waals surface area contributed by atoms with Gasteiger partial charge in [0.15, 0.2) is 0 Å². The highest BCUT2D eigenvalue weighted by molar-refractivity contribution is 7.10. The van der Waals surface area contributed by atoms with Crippen molar-refractivity contribution in [2.45, 2.75) is 52.1 Å². The maximum atomic E-state index is 13.5. The number of thiophene rings is 1. The van der Waals surface area contributed by atoms with Gasteiger partial charge in [-0.15, -0.1) is 11.3 Å². The molecule has 0 aliphatic carbocycles. The molecule has 2 aromatic rings. The van der Waals surface area contributed by atoms with Crippen LogP contribution < -0.4 is 0 Å². The molecular weight excluding hydrogens is 406 g/mol. The van der Waals surface area contributed by atoms with E-state index < -0.39 is 0 Å². The highest BCUT2D eigenvalue weighted by Gasteiger charge is 2.37. The third-order valence-electron chi connectivity index (χ3n) is 6.75. The normalized spacial score (nSPS) is 20.4. The van der Waals surface area contributed by atoms with E-state index in [1.54, 1.807) is 0 Å². The predicted octanol–water partition coefficient (Wildman–Crippen LogP) is 3.86. The fourth-order valence-corrected chi connectivity index (χ4v) is 5.85. The number of carbonyl (C=O) groups is 2. The van der Waals surface area contributed by atoms with Crippen LogP contribution in [0.5, 0.6) is 0 Å². The van der Waals surface area contributed by atoms with Crippen LogP contribution in [0.3, 0.4) is 0 Å². The molecule has 2 atom stereocenters. The van der Waals surface area contributed by atoms with Crippen LogP contribution >= 0.6 is 11.3 Å². The fourth-order valence-electron chi connectivity index (χ4n) is 4.95. The van der Waals surface area contributed by atoms with Crippen molar-refractivity contribution < 1.29 is 9.59 Å². The Balaban J connectivity index is 1.52. The minimum absolute atomic E-state index is 0.113. The number of carbonyl (C=O) groups excluding carboxylic acids is 2. The van der Waals surface area contributed by atoms with Gasteiger partial charge in [-0.2, -0.15) is 0 Å². The lowest BCUT2D eigenvalue weighted by Crippen LogP contribution is -2.56. The van der Waals surface area contributed by atoms with Crippen LogP contribution in [0.4, 0.5) is 0 Å². The summed E-state index contributed by atoms with van der Waals surface area (Å²) in [6.45, 7) is 9.68. The molecule has 6 heteroatoms. The number of piperazine rings is 1. The van der Waals surface area contributed by atoms with Gasteiger partial charge < -0.3 is 9.80 Å². The fraction of sp³-hybridized carbons (Fsp3) is 0.520. The smallest absolute Gasteiger partial charge is 0.239 e. The number of hydrogen-bond acceptors (Lipinski definition) is 4. The van der Waals surface area contributed by atoms with E-state index in [0.29, 0.717) is 32.6 Å². The molecule has 0 spiro atoms. The summed E-state index contributed by atoms with van der Waals surface area (Å²) in [5.41, 5.74) is 3.90. The van der Waals surface area contributed by atoms with Crippen LogP contribution in [0.1, 0.15) is 54.3 Å². The Labute approximate surface area is 189 Å². The second-order valence-electron chi connectivity index (χ2n) is 8.68. The Morgan fingerprint density at radius 2 is 1.74 bits per heavy atom. The van der Waals surface area contributed by atoms with E-state index in [-0.39, 0.29) is 23.9 Å². The predicted molar refractivity (Wildman–Crippen MR) is 125 cm³/mol. The first-order chi connectivity index (χ1) is 15.0. The summed E-state index contributed by atoms with van der Waals surface area (Å²) >= 11 is 1.83. The van der Waals surface area contributed by atoms with Gasteiger partial charge in [-0.05, 0) is 54.8 Å². The average molecular weight is 440 g/mol. The van der Waals surface area contributed by atoms with Crippen LogP contribution in [0, 0.1) is 6.92 Å². The number of fused-ring (bicyclic) bond motifs is 1. The first-order valence-electron chi connectivity index (χ1n) is 11.4. The third-order valence-corrected chi connectivity index (χ3v) is 7.75. The molecule has 1 fully saturated rings. The minimum Gasteiger partial charge on any atom is -0.339 e. The molecule has 0 saturated carbocycles. The molecular formula is C25H33N3O2S. The van der Waals surface area contributed by atoms with Gasteiger partial charge >= 0.3 is 0 Å². The summed E-state index contributed by atoms with van der Waals surface area (Å²) in [4.78, 5) is 33.4.